The maximum absolute atomic E-state index is 11.6. The number of thiazole rings is 1. The van der Waals surface area contributed by atoms with Gasteiger partial charge >= 0.3 is 0 Å². The topological polar surface area (TPSA) is 71.5 Å². The average Bonchev–Trinajstić information content (AvgIpc) is 3.42. The molecule has 0 saturated carbocycles. The number of rotatable bonds is 4. The molecule has 0 bridgehead atoms. The molecule has 1 atom stereocenters. The van der Waals surface area contributed by atoms with Gasteiger partial charge in [-0.3, -0.25) is 14.9 Å². The minimum Gasteiger partial charge on any atom is -0.489 e. The Morgan fingerprint density at radius 3 is 2.72 bits per heavy atom. The predicted octanol–water partition coefficient (Wildman–Crippen LogP) is 4.28. The zero-order chi connectivity index (χ0) is 19.8. The van der Waals surface area contributed by atoms with Crippen molar-refractivity contribution < 1.29 is 14.3 Å². The van der Waals surface area contributed by atoms with Gasteiger partial charge < -0.3 is 9.64 Å². The van der Waals surface area contributed by atoms with Crippen LogP contribution in [0.2, 0.25) is 0 Å². The summed E-state index contributed by atoms with van der Waals surface area (Å²) >= 11 is 2.63. The molecular weight excluding hydrogens is 406 g/mol. The van der Waals surface area contributed by atoms with Crippen molar-refractivity contribution in [1.29, 1.82) is 0 Å². The summed E-state index contributed by atoms with van der Waals surface area (Å²) in [6.45, 7) is 1.74. The van der Waals surface area contributed by atoms with E-state index in [0.717, 1.165) is 53.2 Å². The summed E-state index contributed by atoms with van der Waals surface area (Å²) in [4.78, 5) is 30.3. The first-order valence-electron chi connectivity index (χ1n) is 9.26. The normalized spacial score (nSPS) is 20.6. The third-order valence-corrected chi connectivity index (χ3v) is 6.73. The number of carbonyl (C=O) groups is 2. The number of nitrogens with zero attached hydrogens (tertiary/aromatic N) is 2. The number of amides is 2. The van der Waals surface area contributed by atoms with E-state index in [1.807, 2.05) is 42.5 Å². The molecule has 6 nitrogen and oxygen atoms in total. The Labute approximate surface area is 175 Å². The van der Waals surface area contributed by atoms with E-state index in [2.05, 4.69) is 16.3 Å². The summed E-state index contributed by atoms with van der Waals surface area (Å²) in [6, 6.07) is 15.8. The second-order valence-corrected chi connectivity index (χ2v) is 8.88. The first-order valence-corrected chi connectivity index (χ1v) is 10.9. The van der Waals surface area contributed by atoms with Gasteiger partial charge in [-0.2, -0.15) is 0 Å². The first kappa shape index (κ1) is 18.2. The van der Waals surface area contributed by atoms with Gasteiger partial charge in [0.15, 0.2) is 5.13 Å². The molecule has 8 heteroatoms. The van der Waals surface area contributed by atoms with Gasteiger partial charge in [0.2, 0.25) is 0 Å². The molecule has 2 aliphatic heterocycles. The molecular formula is C21H17N3O3S2. The molecule has 1 aromatic heterocycles. The van der Waals surface area contributed by atoms with Crippen LogP contribution in [0.4, 0.5) is 9.93 Å². The number of para-hydroxylation sites is 1. The summed E-state index contributed by atoms with van der Waals surface area (Å²) < 4.78 is 7.34. The summed E-state index contributed by atoms with van der Waals surface area (Å²) in [5.41, 5.74) is 1.89. The van der Waals surface area contributed by atoms with Gasteiger partial charge in [-0.1, -0.05) is 35.6 Å². The third kappa shape index (κ3) is 3.86. The number of carbonyl (C=O) groups excluding carboxylic acids is 2. The molecule has 1 unspecified atom stereocenters. The zero-order valence-electron chi connectivity index (χ0n) is 15.3. The van der Waals surface area contributed by atoms with Crippen LogP contribution in [-0.2, 0) is 4.79 Å². The zero-order valence-corrected chi connectivity index (χ0v) is 17.0. The molecule has 0 spiro atoms. The van der Waals surface area contributed by atoms with Gasteiger partial charge in [0.25, 0.3) is 11.1 Å². The van der Waals surface area contributed by atoms with Crippen molar-refractivity contribution >= 4 is 55.7 Å². The number of hydrogen-bond donors (Lipinski definition) is 1. The highest BCUT2D eigenvalue weighted by Gasteiger charge is 2.27. The van der Waals surface area contributed by atoms with Crippen molar-refractivity contribution in [2.45, 2.75) is 12.5 Å². The van der Waals surface area contributed by atoms with Gasteiger partial charge in [-0.25, -0.2) is 4.98 Å². The molecule has 3 aromatic rings. The van der Waals surface area contributed by atoms with E-state index >= 15 is 0 Å². The molecule has 2 saturated heterocycles. The van der Waals surface area contributed by atoms with Crippen molar-refractivity contribution in [3.63, 3.8) is 0 Å². The standard InChI is InChI=1S/C21H17N3O3S2/c25-19-18(29-21(26)23-19)11-13-5-7-14(8-6-13)27-15-9-10-24(12-15)20-22-16-3-1-2-4-17(16)28-20/h1-8,11,15H,9-10,12H2,(H,23,25,26)/b18-11+. The third-order valence-electron chi connectivity index (χ3n) is 4.82. The number of ether oxygens (including phenoxy) is 1. The van der Waals surface area contributed by atoms with Gasteiger partial charge in [-0.15, -0.1) is 0 Å². The lowest BCUT2D eigenvalue weighted by Gasteiger charge is -2.16. The Balaban J connectivity index is 1.22. The maximum atomic E-state index is 11.6. The van der Waals surface area contributed by atoms with Crippen LogP contribution in [0.5, 0.6) is 5.75 Å². The van der Waals surface area contributed by atoms with Crippen molar-refractivity contribution in [2.24, 2.45) is 0 Å². The van der Waals surface area contributed by atoms with E-state index in [9.17, 15) is 9.59 Å². The maximum Gasteiger partial charge on any atom is 0.290 e. The Morgan fingerprint density at radius 2 is 1.97 bits per heavy atom. The number of aromatic nitrogens is 1. The number of hydrogen-bond acceptors (Lipinski definition) is 7. The molecule has 146 valence electrons. The Morgan fingerprint density at radius 1 is 1.14 bits per heavy atom. The quantitative estimate of drug-likeness (QED) is 0.632. The summed E-state index contributed by atoms with van der Waals surface area (Å²) in [6.07, 6.45) is 2.76. The molecule has 2 amide bonds. The molecule has 2 fully saturated rings. The molecule has 0 radical (unpaired) electrons. The fraction of sp³-hybridized carbons (Fsp3) is 0.190. The van der Waals surface area contributed by atoms with E-state index in [4.69, 9.17) is 9.72 Å². The molecule has 0 aliphatic carbocycles. The first-order chi connectivity index (χ1) is 14.1. The second kappa shape index (κ2) is 7.53. The Hall–Kier alpha value is -2.84. The van der Waals surface area contributed by atoms with Crippen molar-refractivity contribution in [2.75, 3.05) is 18.0 Å². The van der Waals surface area contributed by atoms with Crippen molar-refractivity contribution in [1.82, 2.24) is 10.3 Å². The fourth-order valence-corrected chi connectivity index (χ4v) is 5.08. The summed E-state index contributed by atoms with van der Waals surface area (Å²) in [7, 11) is 0. The molecule has 3 heterocycles. The lowest BCUT2D eigenvalue weighted by molar-refractivity contribution is -0.115. The Bertz CT molecular complexity index is 1090. The minimum atomic E-state index is -0.346. The summed E-state index contributed by atoms with van der Waals surface area (Å²) in [5, 5.41) is 2.97. The van der Waals surface area contributed by atoms with Crippen LogP contribution in [0.3, 0.4) is 0 Å². The van der Waals surface area contributed by atoms with Crippen LogP contribution in [0.1, 0.15) is 12.0 Å². The van der Waals surface area contributed by atoms with E-state index in [-0.39, 0.29) is 17.3 Å². The van der Waals surface area contributed by atoms with Gasteiger partial charge in [0.05, 0.1) is 21.7 Å². The highest BCUT2D eigenvalue weighted by Crippen LogP contribution is 2.32. The van der Waals surface area contributed by atoms with E-state index in [0.29, 0.717) is 4.91 Å². The van der Waals surface area contributed by atoms with Crippen LogP contribution >= 0.6 is 23.1 Å². The van der Waals surface area contributed by atoms with Crippen LogP contribution in [0, 0.1) is 0 Å². The number of nitrogens with one attached hydrogen (secondary N) is 1. The highest BCUT2D eigenvalue weighted by atomic mass is 32.2. The predicted molar refractivity (Wildman–Crippen MR) is 116 cm³/mol. The van der Waals surface area contributed by atoms with Crippen LogP contribution < -0.4 is 15.0 Å². The summed E-state index contributed by atoms with van der Waals surface area (Å²) in [5.74, 6) is 0.448. The van der Waals surface area contributed by atoms with Crippen molar-refractivity contribution in [3.8, 4) is 5.75 Å². The molecule has 29 heavy (non-hydrogen) atoms. The monoisotopic (exact) mass is 423 g/mol. The smallest absolute Gasteiger partial charge is 0.290 e. The average molecular weight is 424 g/mol. The number of benzene rings is 2. The van der Waals surface area contributed by atoms with Gasteiger partial charge in [0, 0.05) is 13.0 Å². The Kier molecular flexibility index (Phi) is 4.73. The fourth-order valence-electron chi connectivity index (χ4n) is 3.40. The lowest BCUT2D eigenvalue weighted by atomic mass is 10.2. The van der Waals surface area contributed by atoms with Gasteiger partial charge in [0.1, 0.15) is 11.9 Å². The molecule has 2 aliphatic rings. The lowest BCUT2D eigenvalue weighted by Crippen LogP contribution is -2.24. The van der Waals surface area contributed by atoms with Gasteiger partial charge in [-0.05, 0) is 47.7 Å². The van der Waals surface area contributed by atoms with E-state index < -0.39 is 0 Å². The second-order valence-electron chi connectivity index (χ2n) is 6.86. The largest absolute Gasteiger partial charge is 0.489 e. The van der Waals surface area contributed by atoms with Crippen molar-refractivity contribution in [3.05, 3.63) is 59.0 Å². The van der Waals surface area contributed by atoms with Crippen LogP contribution in [0.15, 0.2) is 53.4 Å². The molecule has 1 N–H and O–H groups in total. The van der Waals surface area contributed by atoms with E-state index in [1.54, 1.807) is 17.4 Å². The number of imide groups is 1. The van der Waals surface area contributed by atoms with Crippen LogP contribution in [0.25, 0.3) is 16.3 Å². The molecule has 5 rings (SSSR count). The van der Waals surface area contributed by atoms with E-state index in [1.165, 1.54) is 4.70 Å². The molecule has 2 aromatic carbocycles. The number of anilines is 1. The highest BCUT2D eigenvalue weighted by molar-refractivity contribution is 8.18. The number of thioether (sulfide) groups is 1. The van der Waals surface area contributed by atoms with Crippen LogP contribution in [-0.4, -0.2) is 35.3 Å². The minimum absolute atomic E-state index is 0.111. The SMILES string of the molecule is O=C1NC(=O)/C(=C\c2ccc(OC3CCN(c4nc5ccccc5s4)C3)cc2)S1. The number of fused-ring (bicyclic) bond motifs is 1.